The number of esters is 1. The van der Waals surface area contributed by atoms with E-state index in [4.69, 9.17) is 9.47 Å². The number of methoxy groups -OCH3 is 1. The second-order valence-corrected chi connectivity index (χ2v) is 6.57. The molecular formula is C20H27NO4. The molecule has 0 aromatic heterocycles. The Morgan fingerprint density at radius 2 is 2.04 bits per heavy atom. The quantitative estimate of drug-likeness (QED) is 0.634. The standard InChI is InChI=1S/C20H27NO4/c1-14-7-4-5-10-18(14)21-20(23)15(2)25-19(22)12-11-16-8-6-9-17(13-16)24-3/h6,8-9,11-15,18H,4-5,7,10H2,1-3H3,(H,21,23)/b12-11+/t14-,15-,18+/m1/s1. The molecule has 0 heterocycles. The Balaban J connectivity index is 1.84. The van der Waals surface area contributed by atoms with Crippen molar-refractivity contribution in [2.75, 3.05) is 7.11 Å². The molecule has 1 amide bonds. The van der Waals surface area contributed by atoms with E-state index in [1.165, 1.54) is 12.5 Å². The molecule has 25 heavy (non-hydrogen) atoms. The van der Waals surface area contributed by atoms with Gasteiger partial charge < -0.3 is 14.8 Å². The van der Waals surface area contributed by atoms with Crippen LogP contribution >= 0.6 is 0 Å². The molecule has 5 nitrogen and oxygen atoms in total. The highest BCUT2D eigenvalue weighted by Crippen LogP contribution is 2.23. The van der Waals surface area contributed by atoms with E-state index in [1.807, 2.05) is 24.3 Å². The van der Waals surface area contributed by atoms with Gasteiger partial charge in [0.2, 0.25) is 0 Å². The van der Waals surface area contributed by atoms with Crippen molar-refractivity contribution in [3.63, 3.8) is 0 Å². The first-order valence-electron chi connectivity index (χ1n) is 8.82. The van der Waals surface area contributed by atoms with Crippen LogP contribution in [0.25, 0.3) is 6.08 Å². The van der Waals surface area contributed by atoms with Gasteiger partial charge in [-0.15, -0.1) is 0 Å². The van der Waals surface area contributed by atoms with Crippen molar-refractivity contribution in [3.8, 4) is 5.75 Å². The molecule has 1 fully saturated rings. The van der Waals surface area contributed by atoms with Gasteiger partial charge in [0, 0.05) is 12.1 Å². The maximum absolute atomic E-state index is 12.2. The lowest BCUT2D eigenvalue weighted by Crippen LogP contribution is -2.45. The van der Waals surface area contributed by atoms with Crippen LogP contribution in [0, 0.1) is 5.92 Å². The molecular weight excluding hydrogens is 318 g/mol. The largest absolute Gasteiger partial charge is 0.497 e. The predicted octanol–water partition coefficient (Wildman–Crippen LogP) is 3.34. The predicted molar refractivity (Wildman–Crippen MR) is 97.1 cm³/mol. The van der Waals surface area contributed by atoms with E-state index in [0.29, 0.717) is 11.7 Å². The molecule has 2 rings (SSSR count). The Hall–Kier alpha value is -2.30. The highest BCUT2D eigenvalue weighted by Gasteiger charge is 2.25. The smallest absolute Gasteiger partial charge is 0.331 e. The molecule has 3 atom stereocenters. The minimum atomic E-state index is -0.809. The number of carbonyl (C=O) groups excluding carboxylic acids is 2. The Morgan fingerprint density at radius 3 is 2.76 bits per heavy atom. The van der Waals surface area contributed by atoms with E-state index in [1.54, 1.807) is 20.1 Å². The topological polar surface area (TPSA) is 64.6 Å². The molecule has 1 N–H and O–H groups in total. The van der Waals surface area contributed by atoms with Crippen LogP contribution in [0.2, 0.25) is 0 Å². The van der Waals surface area contributed by atoms with E-state index >= 15 is 0 Å². The summed E-state index contributed by atoms with van der Waals surface area (Å²) in [7, 11) is 1.59. The number of ether oxygens (including phenoxy) is 2. The third-order valence-electron chi connectivity index (χ3n) is 4.61. The Kier molecular flexibility index (Phi) is 7.04. The monoisotopic (exact) mass is 345 g/mol. The number of nitrogens with one attached hydrogen (secondary N) is 1. The maximum Gasteiger partial charge on any atom is 0.331 e. The van der Waals surface area contributed by atoms with Crippen molar-refractivity contribution in [2.45, 2.75) is 51.7 Å². The fourth-order valence-corrected chi connectivity index (χ4v) is 3.01. The van der Waals surface area contributed by atoms with Gasteiger partial charge >= 0.3 is 5.97 Å². The Morgan fingerprint density at radius 1 is 1.28 bits per heavy atom. The van der Waals surface area contributed by atoms with Crippen molar-refractivity contribution < 1.29 is 19.1 Å². The second-order valence-electron chi connectivity index (χ2n) is 6.57. The maximum atomic E-state index is 12.2. The average molecular weight is 345 g/mol. The SMILES string of the molecule is COc1cccc(/C=C/C(=O)O[C@H](C)C(=O)N[C@H]2CCCC[C@H]2C)c1. The number of carbonyl (C=O) groups is 2. The number of benzene rings is 1. The summed E-state index contributed by atoms with van der Waals surface area (Å²) in [5.74, 6) is 0.405. The summed E-state index contributed by atoms with van der Waals surface area (Å²) in [5.41, 5.74) is 0.824. The fourth-order valence-electron chi connectivity index (χ4n) is 3.01. The van der Waals surface area contributed by atoms with Crippen LogP contribution in [0.4, 0.5) is 0 Å². The summed E-state index contributed by atoms with van der Waals surface area (Å²) >= 11 is 0. The molecule has 0 unspecified atom stereocenters. The summed E-state index contributed by atoms with van der Waals surface area (Å²) < 4.78 is 10.3. The number of amides is 1. The second kappa shape index (κ2) is 9.25. The van der Waals surface area contributed by atoms with Crippen molar-refractivity contribution in [3.05, 3.63) is 35.9 Å². The van der Waals surface area contributed by atoms with E-state index in [0.717, 1.165) is 24.8 Å². The minimum absolute atomic E-state index is 0.176. The van der Waals surface area contributed by atoms with Gasteiger partial charge in [0.15, 0.2) is 6.10 Å². The molecule has 0 radical (unpaired) electrons. The van der Waals surface area contributed by atoms with Crippen LogP contribution in [0.1, 0.15) is 45.1 Å². The summed E-state index contributed by atoms with van der Waals surface area (Å²) in [4.78, 5) is 24.1. The molecule has 1 aliphatic rings. The molecule has 0 saturated heterocycles. The van der Waals surface area contributed by atoms with Gasteiger partial charge in [-0.1, -0.05) is 31.9 Å². The lowest BCUT2D eigenvalue weighted by atomic mass is 9.86. The van der Waals surface area contributed by atoms with Gasteiger partial charge in [0.05, 0.1) is 7.11 Å². The molecule has 136 valence electrons. The van der Waals surface area contributed by atoms with Gasteiger partial charge in [-0.2, -0.15) is 0 Å². The third kappa shape index (κ3) is 5.93. The van der Waals surface area contributed by atoms with E-state index < -0.39 is 12.1 Å². The van der Waals surface area contributed by atoms with E-state index in [9.17, 15) is 9.59 Å². The lowest BCUT2D eigenvalue weighted by molar-refractivity contribution is -0.150. The number of hydrogen-bond acceptors (Lipinski definition) is 4. The number of hydrogen-bond donors (Lipinski definition) is 1. The van der Waals surface area contributed by atoms with Gasteiger partial charge in [0.1, 0.15) is 5.75 Å². The Bertz CT molecular complexity index is 626. The molecule has 1 saturated carbocycles. The van der Waals surface area contributed by atoms with Gasteiger partial charge in [-0.3, -0.25) is 4.79 Å². The van der Waals surface area contributed by atoms with Crippen LogP contribution in [-0.4, -0.2) is 31.1 Å². The Labute approximate surface area is 149 Å². The average Bonchev–Trinajstić information content (AvgIpc) is 2.62. The zero-order valence-corrected chi connectivity index (χ0v) is 15.2. The van der Waals surface area contributed by atoms with Gasteiger partial charge in [-0.05, 0) is 49.5 Å². The fraction of sp³-hybridized carbons (Fsp3) is 0.500. The zero-order valence-electron chi connectivity index (χ0n) is 15.2. The highest BCUT2D eigenvalue weighted by atomic mass is 16.5. The summed E-state index contributed by atoms with van der Waals surface area (Å²) in [6, 6.07) is 7.51. The molecule has 5 heteroatoms. The normalized spacial score (nSPS) is 21.6. The molecule has 0 bridgehead atoms. The first-order valence-corrected chi connectivity index (χ1v) is 8.82. The molecule has 1 aromatic rings. The highest BCUT2D eigenvalue weighted by molar-refractivity contribution is 5.90. The molecule has 0 aliphatic heterocycles. The van der Waals surface area contributed by atoms with E-state index in [2.05, 4.69) is 12.2 Å². The molecule has 1 aliphatic carbocycles. The number of rotatable bonds is 6. The summed E-state index contributed by atoms with van der Waals surface area (Å²) in [6.45, 7) is 3.75. The molecule has 0 spiro atoms. The van der Waals surface area contributed by atoms with Crippen molar-refractivity contribution in [2.24, 2.45) is 5.92 Å². The van der Waals surface area contributed by atoms with E-state index in [-0.39, 0.29) is 11.9 Å². The summed E-state index contributed by atoms with van der Waals surface area (Å²) in [5, 5.41) is 3.01. The van der Waals surface area contributed by atoms with Crippen molar-refractivity contribution >= 4 is 18.0 Å². The first-order chi connectivity index (χ1) is 12.0. The van der Waals surface area contributed by atoms with Gasteiger partial charge in [0.25, 0.3) is 5.91 Å². The van der Waals surface area contributed by atoms with Crippen LogP contribution in [-0.2, 0) is 14.3 Å². The van der Waals surface area contributed by atoms with Crippen LogP contribution in [0.5, 0.6) is 5.75 Å². The molecule has 1 aromatic carbocycles. The van der Waals surface area contributed by atoms with Crippen LogP contribution in [0.3, 0.4) is 0 Å². The third-order valence-corrected chi connectivity index (χ3v) is 4.61. The minimum Gasteiger partial charge on any atom is -0.497 e. The van der Waals surface area contributed by atoms with Gasteiger partial charge in [-0.25, -0.2) is 4.79 Å². The van der Waals surface area contributed by atoms with Crippen LogP contribution in [0.15, 0.2) is 30.3 Å². The summed E-state index contributed by atoms with van der Waals surface area (Å²) in [6.07, 6.45) is 6.61. The van der Waals surface area contributed by atoms with Crippen molar-refractivity contribution in [1.82, 2.24) is 5.32 Å². The zero-order chi connectivity index (χ0) is 18.2. The first kappa shape index (κ1) is 19.0. The van der Waals surface area contributed by atoms with Crippen molar-refractivity contribution in [1.29, 1.82) is 0 Å². The lowest BCUT2D eigenvalue weighted by Gasteiger charge is -2.30. The van der Waals surface area contributed by atoms with Crippen LogP contribution < -0.4 is 10.1 Å².